The van der Waals surface area contributed by atoms with E-state index in [2.05, 4.69) is 0 Å². The van der Waals surface area contributed by atoms with Crippen molar-refractivity contribution in [3.05, 3.63) is 12.2 Å². The fraction of sp³-hybridized carbons (Fsp3) is 0.750. The van der Waals surface area contributed by atoms with Crippen LogP contribution in [0.1, 0.15) is 20.8 Å². The van der Waals surface area contributed by atoms with Crippen molar-refractivity contribution in [3.8, 4) is 0 Å². The van der Waals surface area contributed by atoms with E-state index in [1.807, 2.05) is 13.0 Å². The predicted molar refractivity (Wildman–Crippen MR) is 41.9 cm³/mol. The van der Waals surface area contributed by atoms with E-state index in [1.165, 1.54) is 0 Å². The molecule has 0 unspecified atom stereocenters. The number of rotatable bonds is 4. The molecule has 0 aromatic rings. The maximum atomic E-state index is 9.17. The summed E-state index contributed by atoms with van der Waals surface area (Å²) in [5, 5.41) is 9.17. The highest BCUT2D eigenvalue weighted by Gasteiger charge is 2.04. The summed E-state index contributed by atoms with van der Waals surface area (Å²) in [5.41, 5.74) is -0.711. The second-order valence-corrected chi connectivity index (χ2v) is 2.72. The van der Waals surface area contributed by atoms with Gasteiger partial charge in [0.25, 0.3) is 0 Å². The van der Waals surface area contributed by atoms with Gasteiger partial charge in [0.05, 0.1) is 12.2 Å². The van der Waals surface area contributed by atoms with Gasteiger partial charge in [-0.3, -0.25) is 0 Å². The molecule has 2 heteroatoms. The quantitative estimate of drug-likeness (QED) is 0.476. The Hall–Kier alpha value is -0.340. The number of ether oxygens (including phenoxy) is 1. The summed E-state index contributed by atoms with van der Waals surface area (Å²) in [5.74, 6) is 0. The third-order valence-corrected chi connectivity index (χ3v) is 0.944. The molecule has 60 valence electrons. The van der Waals surface area contributed by atoms with Crippen LogP contribution in [0.2, 0.25) is 0 Å². The molecule has 0 aromatic carbocycles. The maximum Gasteiger partial charge on any atom is 0.0772 e. The first kappa shape index (κ1) is 9.66. The lowest BCUT2D eigenvalue weighted by Gasteiger charge is -2.09. The van der Waals surface area contributed by atoms with Crippen LogP contribution < -0.4 is 0 Å². The molecule has 0 aliphatic rings. The zero-order chi connectivity index (χ0) is 8.04. The molecule has 0 bridgehead atoms. The molecule has 0 saturated carbocycles. The van der Waals surface area contributed by atoms with Crippen LogP contribution in [0.3, 0.4) is 0 Å². The van der Waals surface area contributed by atoms with Crippen molar-refractivity contribution < 1.29 is 9.84 Å². The molecule has 0 fully saturated rings. The smallest absolute Gasteiger partial charge is 0.0772 e. The van der Waals surface area contributed by atoms with Crippen molar-refractivity contribution in [2.45, 2.75) is 26.4 Å². The van der Waals surface area contributed by atoms with E-state index in [0.29, 0.717) is 6.61 Å². The average Bonchev–Trinajstić information content (AvgIpc) is 1.78. The largest absolute Gasteiger partial charge is 0.386 e. The lowest BCUT2D eigenvalue weighted by molar-refractivity contribution is 0.130. The van der Waals surface area contributed by atoms with Crippen LogP contribution in [0.15, 0.2) is 12.2 Å². The SMILES string of the molecule is CCOC/C=C\C(C)(C)O. The molecule has 0 aliphatic carbocycles. The Balaban J connectivity index is 3.37. The van der Waals surface area contributed by atoms with E-state index >= 15 is 0 Å². The zero-order valence-corrected chi connectivity index (χ0v) is 6.92. The predicted octanol–water partition coefficient (Wildman–Crippen LogP) is 1.35. The van der Waals surface area contributed by atoms with Crippen molar-refractivity contribution in [1.82, 2.24) is 0 Å². The van der Waals surface area contributed by atoms with E-state index in [-0.39, 0.29) is 0 Å². The number of aliphatic hydroxyl groups is 1. The lowest BCUT2D eigenvalue weighted by atomic mass is 10.1. The second-order valence-electron chi connectivity index (χ2n) is 2.72. The first-order valence-corrected chi connectivity index (χ1v) is 3.54. The molecule has 0 spiro atoms. The van der Waals surface area contributed by atoms with Crippen LogP contribution in [0, 0.1) is 0 Å². The molecule has 0 radical (unpaired) electrons. The highest BCUT2D eigenvalue weighted by atomic mass is 16.5. The molecular weight excluding hydrogens is 128 g/mol. The molecule has 0 saturated heterocycles. The molecule has 2 nitrogen and oxygen atoms in total. The van der Waals surface area contributed by atoms with Gasteiger partial charge in [-0.2, -0.15) is 0 Å². The van der Waals surface area contributed by atoms with Crippen molar-refractivity contribution in [1.29, 1.82) is 0 Å². The maximum absolute atomic E-state index is 9.17. The van der Waals surface area contributed by atoms with Gasteiger partial charge >= 0.3 is 0 Å². The summed E-state index contributed by atoms with van der Waals surface area (Å²) in [4.78, 5) is 0. The van der Waals surface area contributed by atoms with E-state index < -0.39 is 5.60 Å². The van der Waals surface area contributed by atoms with E-state index in [0.717, 1.165) is 6.61 Å². The van der Waals surface area contributed by atoms with Crippen LogP contribution >= 0.6 is 0 Å². The van der Waals surface area contributed by atoms with Crippen molar-refractivity contribution in [2.24, 2.45) is 0 Å². The van der Waals surface area contributed by atoms with Gasteiger partial charge in [-0.1, -0.05) is 12.2 Å². The summed E-state index contributed by atoms with van der Waals surface area (Å²) in [6.45, 7) is 6.71. The van der Waals surface area contributed by atoms with Gasteiger partial charge in [0.15, 0.2) is 0 Å². The van der Waals surface area contributed by atoms with Gasteiger partial charge in [0, 0.05) is 6.61 Å². The van der Waals surface area contributed by atoms with Gasteiger partial charge in [0.2, 0.25) is 0 Å². The van der Waals surface area contributed by atoms with Crippen LogP contribution in [-0.4, -0.2) is 23.9 Å². The molecule has 0 aromatic heterocycles. The van der Waals surface area contributed by atoms with Gasteiger partial charge in [0.1, 0.15) is 0 Å². The minimum atomic E-state index is -0.711. The molecule has 1 N–H and O–H groups in total. The third-order valence-electron chi connectivity index (χ3n) is 0.944. The van der Waals surface area contributed by atoms with Crippen LogP contribution in [-0.2, 0) is 4.74 Å². The molecule has 0 amide bonds. The highest BCUT2D eigenvalue weighted by molar-refractivity contribution is 4.94. The van der Waals surface area contributed by atoms with Crippen LogP contribution in [0.5, 0.6) is 0 Å². The molecule has 0 aliphatic heterocycles. The molecule has 0 atom stereocenters. The lowest BCUT2D eigenvalue weighted by Crippen LogP contribution is -2.13. The first-order valence-electron chi connectivity index (χ1n) is 3.54. The monoisotopic (exact) mass is 144 g/mol. The first-order chi connectivity index (χ1) is 4.56. The van der Waals surface area contributed by atoms with Gasteiger partial charge in [-0.05, 0) is 20.8 Å². The number of hydrogen-bond acceptors (Lipinski definition) is 2. The Morgan fingerprint density at radius 3 is 2.50 bits per heavy atom. The summed E-state index contributed by atoms with van der Waals surface area (Å²) in [6, 6.07) is 0. The van der Waals surface area contributed by atoms with Crippen molar-refractivity contribution >= 4 is 0 Å². The molecule has 10 heavy (non-hydrogen) atoms. The van der Waals surface area contributed by atoms with Gasteiger partial charge in [-0.15, -0.1) is 0 Å². The summed E-state index contributed by atoms with van der Waals surface area (Å²) < 4.78 is 5.03. The minimum Gasteiger partial charge on any atom is -0.386 e. The second kappa shape index (κ2) is 4.47. The summed E-state index contributed by atoms with van der Waals surface area (Å²) in [6.07, 6.45) is 3.55. The fourth-order valence-electron chi connectivity index (χ4n) is 0.522. The third kappa shape index (κ3) is 7.66. The standard InChI is InChI=1S/C8H16O2/c1-4-10-7-5-6-8(2,3)9/h5-6,9H,4,7H2,1-3H3/b6-5-. The van der Waals surface area contributed by atoms with E-state index in [9.17, 15) is 5.11 Å². The summed E-state index contributed by atoms with van der Waals surface area (Å²) in [7, 11) is 0. The van der Waals surface area contributed by atoms with E-state index in [1.54, 1.807) is 19.9 Å². The average molecular weight is 144 g/mol. The Morgan fingerprint density at radius 2 is 2.10 bits per heavy atom. The van der Waals surface area contributed by atoms with Crippen LogP contribution in [0.4, 0.5) is 0 Å². The summed E-state index contributed by atoms with van der Waals surface area (Å²) >= 11 is 0. The fourth-order valence-corrected chi connectivity index (χ4v) is 0.522. The van der Waals surface area contributed by atoms with Gasteiger partial charge in [-0.25, -0.2) is 0 Å². The molecule has 0 heterocycles. The Kier molecular flexibility index (Phi) is 4.32. The topological polar surface area (TPSA) is 29.5 Å². The molecule has 0 rings (SSSR count). The van der Waals surface area contributed by atoms with Gasteiger partial charge < -0.3 is 9.84 Å². The Bertz CT molecular complexity index is 100. The van der Waals surface area contributed by atoms with E-state index in [4.69, 9.17) is 4.74 Å². The molecular formula is C8H16O2. The normalized spacial score (nSPS) is 12.8. The van der Waals surface area contributed by atoms with Crippen molar-refractivity contribution in [3.63, 3.8) is 0 Å². The number of hydrogen-bond donors (Lipinski definition) is 1. The van der Waals surface area contributed by atoms with Crippen LogP contribution in [0.25, 0.3) is 0 Å². The Morgan fingerprint density at radius 1 is 1.50 bits per heavy atom. The highest BCUT2D eigenvalue weighted by Crippen LogP contribution is 2.01. The minimum absolute atomic E-state index is 0.584. The zero-order valence-electron chi connectivity index (χ0n) is 6.92. The Labute approximate surface area is 62.5 Å². The van der Waals surface area contributed by atoms with Crippen molar-refractivity contribution in [2.75, 3.05) is 13.2 Å².